The summed E-state index contributed by atoms with van der Waals surface area (Å²) in [6.45, 7) is 0. The Bertz CT molecular complexity index is 590. The zero-order chi connectivity index (χ0) is 15.0. The summed E-state index contributed by atoms with van der Waals surface area (Å²) in [4.78, 5) is 0. The summed E-state index contributed by atoms with van der Waals surface area (Å²) in [5.41, 5.74) is -0.643. The van der Waals surface area contributed by atoms with E-state index < -0.39 is 26.6 Å². The highest BCUT2D eigenvalue weighted by Crippen LogP contribution is 2.35. The van der Waals surface area contributed by atoms with Gasteiger partial charge in [-0.3, -0.25) is 0 Å². The first-order chi connectivity index (χ1) is 9.20. The predicted molar refractivity (Wildman–Crippen MR) is 71.3 cm³/mol. The van der Waals surface area contributed by atoms with E-state index in [1.165, 1.54) is 6.07 Å². The molecule has 1 aromatic rings. The van der Waals surface area contributed by atoms with Gasteiger partial charge in [0.05, 0.1) is 21.6 Å². The Morgan fingerprint density at radius 1 is 1.20 bits per heavy atom. The molecule has 0 amide bonds. The fraction of sp³-hybridized carbons (Fsp3) is 0.538. The van der Waals surface area contributed by atoms with Crippen molar-refractivity contribution in [3.05, 3.63) is 34.3 Å². The first kappa shape index (κ1) is 15.6. The van der Waals surface area contributed by atoms with Gasteiger partial charge in [0.2, 0.25) is 0 Å². The molecule has 112 valence electrons. The van der Waals surface area contributed by atoms with Crippen molar-refractivity contribution >= 4 is 21.4 Å². The van der Waals surface area contributed by atoms with Crippen molar-refractivity contribution in [3.63, 3.8) is 0 Å². The number of hydrogen-bond donors (Lipinski definition) is 0. The van der Waals surface area contributed by atoms with Crippen molar-refractivity contribution in [2.24, 2.45) is 0 Å². The molecule has 0 N–H and O–H groups in total. The van der Waals surface area contributed by atoms with Crippen LogP contribution in [0.3, 0.4) is 0 Å². The monoisotopic (exact) mass is 326 g/mol. The van der Waals surface area contributed by atoms with Crippen LogP contribution in [0.5, 0.6) is 0 Å². The topological polar surface area (TPSA) is 34.1 Å². The van der Waals surface area contributed by atoms with Gasteiger partial charge in [0.1, 0.15) is 0 Å². The van der Waals surface area contributed by atoms with Gasteiger partial charge in [0, 0.05) is 0 Å². The molecular formula is C13H14ClF3O2S. The molecule has 0 saturated heterocycles. The van der Waals surface area contributed by atoms with E-state index in [2.05, 4.69) is 0 Å². The molecule has 0 aromatic heterocycles. The first-order valence-corrected chi connectivity index (χ1v) is 8.37. The largest absolute Gasteiger partial charge is 0.417 e. The van der Waals surface area contributed by atoms with Gasteiger partial charge in [-0.2, -0.15) is 13.2 Å². The maximum atomic E-state index is 12.6. The molecule has 0 atom stereocenters. The van der Waals surface area contributed by atoms with E-state index in [0.29, 0.717) is 18.4 Å². The molecule has 7 heteroatoms. The maximum absolute atomic E-state index is 12.6. The zero-order valence-electron chi connectivity index (χ0n) is 10.6. The molecule has 1 aliphatic carbocycles. The van der Waals surface area contributed by atoms with Crippen molar-refractivity contribution in [3.8, 4) is 0 Å². The van der Waals surface area contributed by atoms with Crippen LogP contribution >= 0.6 is 11.6 Å². The Morgan fingerprint density at radius 3 is 2.30 bits per heavy atom. The van der Waals surface area contributed by atoms with Gasteiger partial charge >= 0.3 is 6.18 Å². The van der Waals surface area contributed by atoms with Crippen LogP contribution in [0.2, 0.25) is 5.02 Å². The normalized spacial score (nSPS) is 17.6. The highest BCUT2D eigenvalue weighted by atomic mass is 35.5. The van der Waals surface area contributed by atoms with Crippen LogP contribution in [-0.4, -0.2) is 13.7 Å². The second-order valence-electron chi connectivity index (χ2n) is 5.03. The molecule has 0 unspecified atom stereocenters. The zero-order valence-corrected chi connectivity index (χ0v) is 12.2. The third-order valence-corrected chi connectivity index (χ3v) is 6.05. The summed E-state index contributed by atoms with van der Waals surface area (Å²) in [5.74, 6) is -0.254. The number of alkyl halides is 3. The van der Waals surface area contributed by atoms with E-state index in [-0.39, 0.29) is 11.0 Å². The molecule has 0 aliphatic heterocycles. The van der Waals surface area contributed by atoms with E-state index >= 15 is 0 Å². The maximum Gasteiger partial charge on any atom is 0.417 e. The lowest BCUT2D eigenvalue weighted by molar-refractivity contribution is -0.137. The van der Waals surface area contributed by atoms with E-state index in [1.54, 1.807) is 0 Å². The van der Waals surface area contributed by atoms with Gasteiger partial charge in [0.25, 0.3) is 0 Å². The van der Waals surface area contributed by atoms with E-state index in [4.69, 9.17) is 11.6 Å². The Hall–Kier alpha value is -0.750. The Labute approximate surface area is 120 Å². The van der Waals surface area contributed by atoms with Crippen molar-refractivity contribution in [1.29, 1.82) is 0 Å². The molecule has 0 bridgehead atoms. The Balaban J connectivity index is 2.21. The highest BCUT2D eigenvalue weighted by Gasteiger charge is 2.34. The van der Waals surface area contributed by atoms with Crippen molar-refractivity contribution in [1.82, 2.24) is 0 Å². The lowest BCUT2D eigenvalue weighted by Gasteiger charge is -2.13. The minimum atomic E-state index is -4.53. The second-order valence-corrected chi connectivity index (χ2v) is 7.71. The highest BCUT2D eigenvalue weighted by molar-refractivity contribution is 7.91. The minimum absolute atomic E-state index is 0.254. The van der Waals surface area contributed by atoms with Crippen LogP contribution in [0, 0.1) is 0 Å². The molecular weight excluding hydrogens is 313 g/mol. The number of benzene rings is 1. The van der Waals surface area contributed by atoms with Gasteiger partial charge in [0.15, 0.2) is 9.84 Å². The molecule has 2 rings (SSSR count). The lowest BCUT2D eigenvalue weighted by atomic mass is 10.1. The fourth-order valence-corrected chi connectivity index (χ4v) is 4.72. The average molecular weight is 327 g/mol. The molecule has 0 heterocycles. The number of sulfone groups is 1. The van der Waals surface area contributed by atoms with Crippen molar-refractivity contribution in [2.45, 2.75) is 42.9 Å². The van der Waals surface area contributed by atoms with Crippen LogP contribution in [0.15, 0.2) is 18.2 Å². The summed E-state index contributed by atoms with van der Waals surface area (Å²) in [6, 6.07) is 3.11. The third-order valence-electron chi connectivity index (χ3n) is 3.52. The smallest absolute Gasteiger partial charge is 0.228 e. The van der Waals surface area contributed by atoms with Gasteiger partial charge in [-0.05, 0) is 30.5 Å². The van der Waals surface area contributed by atoms with Gasteiger partial charge in [-0.25, -0.2) is 8.42 Å². The number of hydrogen-bond acceptors (Lipinski definition) is 2. The van der Waals surface area contributed by atoms with Gasteiger partial charge < -0.3 is 0 Å². The Morgan fingerprint density at radius 2 is 1.80 bits per heavy atom. The summed E-state index contributed by atoms with van der Waals surface area (Å²) in [5, 5.41) is -0.833. The predicted octanol–water partition coefficient (Wildman–Crippen LogP) is 4.22. The van der Waals surface area contributed by atoms with Crippen LogP contribution in [-0.2, 0) is 21.8 Å². The third kappa shape index (κ3) is 3.47. The lowest BCUT2D eigenvalue weighted by Crippen LogP contribution is -2.19. The first-order valence-electron chi connectivity index (χ1n) is 6.27. The quantitative estimate of drug-likeness (QED) is 0.833. The Kier molecular flexibility index (Phi) is 4.35. The second kappa shape index (κ2) is 5.56. The molecule has 0 spiro atoms. The summed E-state index contributed by atoms with van der Waals surface area (Å²) < 4.78 is 61.9. The molecule has 1 fully saturated rings. The van der Waals surface area contributed by atoms with Gasteiger partial charge in [-0.15, -0.1) is 0 Å². The molecule has 1 aliphatic rings. The average Bonchev–Trinajstić information content (AvgIpc) is 2.80. The van der Waals surface area contributed by atoms with Crippen LogP contribution in [0.25, 0.3) is 0 Å². The molecule has 1 saturated carbocycles. The summed E-state index contributed by atoms with van der Waals surface area (Å²) >= 11 is 5.59. The summed E-state index contributed by atoms with van der Waals surface area (Å²) in [7, 11) is -3.32. The molecule has 1 aromatic carbocycles. The van der Waals surface area contributed by atoms with E-state index in [9.17, 15) is 21.6 Å². The van der Waals surface area contributed by atoms with E-state index in [0.717, 1.165) is 25.0 Å². The standard InChI is InChI=1S/C13H14ClF3O2S/c14-12-7-9(5-6-11(12)13(15,16)17)8-20(18,19)10-3-1-2-4-10/h5-7,10H,1-4,8H2. The SMILES string of the molecule is O=S(=O)(Cc1ccc(C(F)(F)F)c(Cl)c1)C1CCCC1. The van der Waals surface area contributed by atoms with E-state index in [1.807, 2.05) is 0 Å². The summed E-state index contributed by atoms with van der Waals surface area (Å²) in [6.07, 6.45) is -1.48. The van der Waals surface area contributed by atoms with Gasteiger partial charge in [-0.1, -0.05) is 30.5 Å². The molecule has 0 radical (unpaired) electrons. The van der Waals surface area contributed by atoms with Crippen LogP contribution in [0.1, 0.15) is 36.8 Å². The van der Waals surface area contributed by atoms with Crippen LogP contribution in [0.4, 0.5) is 13.2 Å². The molecule has 20 heavy (non-hydrogen) atoms. The number of halogens is 4. The number of rotatable bonds is 3. The van der Waals surface area contributed by atoms with Crippen molar-refractivity contribution in [2.75, 3.05) is 0 Å². The fourth-order valence-electron chi connectivity index (χ4n) is 2.48. The minimum Gasteiger partial charge on any atom is -0.228 e. The van der Waals surface area contributed by atoms with Crippen molar-refractivity contribution < 1.29 is 21.6 Å². The van der Waals surface area contributed by atoms with Crippen LogP contribution < -0.4 is 0 Å². The molecule has 2 nitrogen and oxygen atoms in total.